The molecule has 1 aliphatic rings. The third kappa shape index (κ3) is 5.37. The summed E-state index contributed by atoms with van der Waals surface area (Å²) in [6.07, 6.45) is 2.07. The van der Waals surface area contributed by atoms with Gasteiger partial charge in [0.25, 0.3) is 5.91 Å². The Bertz CT molecular complexity index is 451. The van der Waals surface area contributed by atoms with Gasteiger partial charge in [-0.2, -0.15) is 0 Å². The lowest BCUT2D eigenvalue weighted by Gasteiger charge is -2.23. The molecular weight excluding hydrogens is 323 g/mol. The quantitative estimate of drug-likeness (QED) is 0.887. The second kappa shape index (κ2) is 8.57. The largest absolute Gasteiger partial charge is 0.482 e. The number of carbonyl (C=O) groups is 1. The zero-order valence-corrected chi connectivity index (χ0v) is 13.2. The summed E-state index contributed by atoms with van der Waals surface area (Å²) in [5.41, 5.74) is 0. The van der Waals surface area contributed by atoms with Gasteiger partial charge in [-0.15, -0.1) is 12.4 Å². The molecule has 1 aliphatic heterocycles. The fraction of sp³-hybridized carbons (Fsp3) is 0.462. The van der Waals surface area contributed by atoms with Gasteiger partial charge in [0.05, 0.1) is 5.02 Å². The molecule has 20 heavy (non-hydrogen) atoms. The summed E-state index contributed by atoms with van der Waals surface area (Å²) in [5.74, 6) is 0.274. The molecule has 0 spiro atoms. The van der Waals surface area contributed by atoms with Crippen LogP contribution in [0.15, 0.2) is 18.2 Å². The van der Waals surface area contributed by atoms with Crippen molar-refractivity contribution in [1.29, 1.82) is 0 Å². The highest BCUT2D eigenvalue weighted by Gasteiger charge is 2.15. The summed E-state index contributed by atoms with van der Waals surface area (Å²) in [4.78, 5) is 11.7. The fourth-order valence-corrected chi connectivity index (χ4v) is 2.31. The van der Waals surface area contributed by atoms with Crippen molar-refractivity contribution in [2.45, 2.75) is 18.9 Å². The Hall–Kier alpha value is -0.680. The molecule has 0 aromatic heterocycles. The molecule has 0 aliphatic carbocycles. The van der Waals surface area contributed by atoms with Crippen LogP contribution < -0.4 is 15.4 Å². The standard InChI is InChI=1S/C13H16Cl2N2O2.ClH/c14-9-3-4-11(15)12(6-9)19-8-13(18)17-10-2-1-5-16-7-10;/h3-4,6,10,16H,1-2,5,7-8H2,(H,17,18);1H. The first-order chi connectivity index (χ1) is 9.15. The SMILES string of the molecule is Cl.O=C(COc1cc(Cl)ccc1Cl)NC1CCCNC1. The first kappa shape index (κ1) is 17.4. The van der Waals surface area contributed by atoms with Crippen LogP contribution >= 0.6 is 35.6 Å². The van der Waals surface area contributed by atoms with Gasteiger partial charge in [-0.25, -0.2) is 0 Å². The molecule has 1 unspecified atom stereocenters. The molecule has 2 rings (SSSR count). The number of benzene rings is 1. The number of halogens is 3. The lowest BCUT2D eigenvalue weighted by atomic mass is 10.1. The molecule has 4 nitrogen and oxygen atoms in total. The molecule has 0 saturated carbocycles. The van der Waals surface area contributed by atoms with Gasteiger partial charge in [-0.1, -0.05) is 23.2 Å². The molecule has 112 valence electrons. The van der Waals surface area contributed by atoms with E-state index in [1.54, 1.807) is 18.2 Å². The van der Waals surface area contributed by atoms with E-state index in [0.717, 1.165) is 25.9 Å². The number of piperidine rings is 1. The Balaban J connectivity index is 0.00000200. The third-order valence-corrected chi connectivity index (χ3v) is 3.46. The van der Waals surface area contributed by atoms with Crippen LogP contribution in [0.4, 0.5) is 0 Å². The van der Waals surface area contributed by atoms with Crippen LogP contribution in [0.5, 0.6) is 5.75 Å². The van der Waals surface area contributed by atoms with E-state index in [0.29, 0.717) is 15.8 Å². The number of rotatable bonds is 4. The topological polar surface area (TPSA) is 50.4 Å². The third-order valence-electron chi connectivity index (χ3n) is 2.91. The summed E-state index contributed by atoms with van der Waals surface area (Å²) in [6, 6.07) is 5.09. The molecule has 2 N–H and O–H groups in total. The summed E-state index contributed by atoms with van der Waals surface area (Å²) >= 11 is 11.8. The van der Waals surface area contributed by atoms with Crippen LogP contribution in [0.3, 0.4) is 0 Å². The van der Waals surface area contributed by atoms with E-state index in [9.17, 15) is 4.79 Å². The number of carbonyl (C=O) groups excluding carboxylic acids is 1. The predicted octanol–water partition coefficient (Wildman–Crippen LogP) is 2.66. The van der Waals surface area contributed by atoms with Gasteiger partial charge in [-0.05, 0) is 31.5 Å². The predicted molar refractivity (Wildman–Crippen MR) is 83.2 cm³/mol. The average molecular weight is 340 g/mol. The van der Waals surface area contributed by atoms with E-state index in [-0.39, 0.29) is 31.0 Å². The molecule has 7 heteroatoms. The van der Waals surface area contributed by atoms with E-state index in [2.05, 4.69) is 10.6 Å². The maximum atomic E-state index is 11.7. The van der Waals surface area contributed by atoms with Gasteiger partial charge >= 0.3 is 0 Å². The number of ether oxygens (including phenoxy) is 1. The van der Waals surface area contributed by atoms with Crippen LogP contribution in [0, 0.1) is 0 Å². The van der Waals surface area contributed by atoms with Crippen molar-refractivity contribution in [2.75, 3.05) is 19.7 Å². The van der Waals surface area contributed by atoms with Gasteiger partial charge in [0.1, 0.15) is 5.75 Å². The minimum absolute atomic E-state index is 0. The van der Waals surface area contributed by atoms with E-state index >= 15 is 0 Å². The molecule has 1 saturated heterocycles. The van der Waals surface area contributed by atoms with Crippen molar-refractivity contribution >= 4 is 41.5 Å². The Labute approximate surface area is 134 Å². The van der Waals surface area contributed by atoms with Gasteiger partial charge in [0, 0.05) is 23.7 Å². The molecule has 1 heterocycles. The van der Waals surface area contributed by atoms with Crippen molar-refractivity contribution < 1.29 is 9.53 Å². The van der Waals surface area contributed by atoms with Crippen LogP contribution in [0.2, 0.25) is 10.0 Å². The van der Waals surface area contributed by atoms with E-state index < -0.39 is 0 Å². The van der Waals surface area contributed by atoms with Gasteiger partial charge in [0.15, 0.2) is 6.61 Å². The van der Waals surface area contributed by atoms with Crippen molar-refractivity contribution in [2.24, 2.45) is 0 Å². The highest BCUT2D eigenvalue weighted by atomic mass is 35.5. The second-order valence-electron chi connectivity index (χ2n) is 4.47. The first-order valence-corrected chi connectivity index (χ1v) is 6.98. The van der Waals surface area contributed by atoms with E-state index in [1.165, 1.54) is 0 Å². The van der Waals surface area contributed by atoms with E-state index in [1.807, 2.05) is 0 Å². The monoisotopic (exact) mass is 338 g/mol. The van der Waals surface area contributed by atoms with Gasteiger partial charge in [0.2, 0.25) is 0 Å². The molecule has 1 aromatic rings. The van der Waals surface area contributed by atoms with Crippen molar-refractivity contribution in [3.05, 3.63) is 28.2 Å². The maximum Gasteiger partial charge on any atom is 0.258 e. The highest BCUT2D eigenvalue weighted by molar-refractivity contribution is 6.34. The lowest BCUT2D eigenvalue weighted by molar-refractivity contribution is -0.123. The number of nitrogens with one attached hydrogen (secondary N) is 2. The number of hydrogen-bond donors (Lipinski definition) is 2. The lowest BCUT2D eigenvalue weighted by Crippen LogP contribution is -2.47. The van der Waals surface area contributed by atoms with Gasteiger partial charge < -0.3 is 15.4 Å². The smallest absolute Gasteiger partial charge is 0.258 e. The molecule has 1 aromatic carbocycles. The van der Waals surface area contributed by atoms with Crippen molar-refractivity contribution in [1.82, 2.24) is 10.6 Å². The Morgan fingerprint density at radius 3 is 2.95 bits per heavy atom. The minimum atomic E-state index is -0.148. The Morgan fingerprint density at radius 2 is 2.25 bits per heavy atom. The summed E-state index contributed by atoms with van der Waals surface area (Å²) in [6.45, 7) is 1.77. The number of amides is 1. The zero-order chi connectivity index (χ0) is 13.7. The first-order valence-electron chi connectivity index (χ1n) is 6.23. The molecule has 1 atom stereocenters. The fourth-order valence-electron chi connectivity index (χ4n) is 1.98. The molecule has 0 bridgehead atoms. The maximum absolute atomic E-state index is 11.7. The van der Waals surface area contributed by atoms with Crippen LogP contribution in [0.25, 0.3) is 0 Å². The molecule has 0 radical (unpaired) electrons. The van der Waals surface area contributed by atoms with Crippen LogP contribution in [-0.4, -0.2) is 31.6 Å². The Kier molecular flexibility index (Phi) is 7.45. The van der Waals surface area contributed by atoms with Crippen LogP contribution in [-0.2, 0) is 4.79 Å². The number of hydrogen-bond acceptors (Lipinski definition) is 3. The second-order valence-corrected chi connectivity index (χ2v) is 5.32. The molecule has 1 amide bonds. The zero-order valence-electron chi connectivity index (χ0n) is 10.8. The average Bonchev–Trinajstić information content (AvgIpc) is 2.41. The summed E-state index contributed by atoms with van der Waals surface area (Å²) in [5, 5.41) is 7.12. The summed E-state index contributed by atoms with van der Waals surface area (Å²) < 4.78 is 5.37. The van der Waals surface area contributed by atoms with Crippen LogP contribution in [0.1, 0.15) is 12.8 Å². The normalized spacial score (nSPS) is 18.0. The summed E-state index contributed by atoms with van der Waals surface area (Å²) in [7, 11) is 0. The molecule has 1 fully saturated rings. The minimum Gasteiger partial charge on any atom is -0.482 e. The van der Waals surface area contributed by atoms with Crippen molar-refractivity contribution in [3.63, 3.8) is 0 Å². The molecular formula is C13H17Cl3N2O2. The Morgan fingerprint density at radius 1 is 1.45 bits per heavy atom. The van der Waals surface area contributed by atoms with E-state index in [4.69, 9.17) is 27.9 Å². The van der Waals surface area contributed by atoms with Crippen molar-refractivity contribution in [3.8, 4) is 5.75 Å². The highest BCUT2D eigenvalue weighted by Crippen LogP contribution is 2.27. The van der Waals surface area contributed by atoms with Gasteiger partial charge in [-0.3, -0.25) is 4.79 Å².